The lowest BCUT2D eigenvalue weighted by atomic mass is 9.87. The van der Waals surface area contributed by atoms with Gasteiger partial charge < -0.3 is 14.7 Å². The first-order valence-corrected chi connectivity index (χ1v) is 9.63. The topological polar surface area (TPSA) is 120 Å². The van der Waals surface area contributed by atoms with Crippen LogP contribution in [-0.2, 0) is 0 Å². The van der Waals surface area contributed by atoms with Crippen LogP contribution in [0.2, 0.25) is 0 Å². The van der Waals surface area contributed by atoms with Gasteiger partial charge in [-0.1, -0.05) is 32.9 Å². The van der Waals surface area contributed by atoms with Gasteiger partial charge in [0, 0.05) is 17.3 Å². The molecule has 0 atom stereocenters. The van der Waals surface area contributed by atoms with E-state index in [1.165, 1.54) is 12.5 Å². The van der Waals surface area contributed by atoms with E-state index in [2.05, 4.69) is 31.3 Å². The summed E-state index contributed by atoms with van der Waals surface area (Å²) in [6.07, 6.45) is 7.89. The minimum Gasteiger partial charge on any atom is -0.444 e. The van der Waals surface area contributed by atoms with Gasteiger partial charge in [-0.15, -0.1) is 0 Å². The number of carbonyl (C=O) groups excluding carboxylic acids is 1. The van der Waals surface area contributed by atoms with Gasteiger partial charge in [0.05, 0.1) is 18.0 Å². The van der Waals surface area contributed by atoms with Crippen LogP contribution >= 0.6 is 0 Å². The summed E-state index contributed by atoms with van der Waals surface area (Å²) in [6.45, 7) is 5.62. The lowest BCUT2D eigenvalue weighted by molar-refractivity contribution is 0.0860. The summed E-state index contributed by atoms with van der Waals surface area (Å²) in [5, 5.41) is 12.5. The highest BCUT2D eigenvalue weighted by Gasteiger charge is 2.26. The smallest absolute Gasteiger partial charge is 0.236 e. The van der Waals surface area contributed by atoms with Crippen LogP contribution < -0.4 is 5.32 Å². The third-order valence-corrected chi connectivity index (χ3v) is 4.58. The molecule has 8 nitrogen and oxygen atoms in total. The van der Waals surface area contributed by atoms with E-state index in [9.17, 15) is 10.1 Å². The third-order valence-electron chi connectivity index (χ3n) is 4.58. The molecule has 0 aliphatic rings. The van der Waals surface area contributed by atoms with E-state index >= 15 is 0 Å². The molecule has 0 bridgehead atoms. The molecule has 3 aromatic heterocycles. The van der Waals surface area contributed by atoms with Crippen LogP contribution in [0.4, 0.5) is 11.5 Å². The van der Waals surface area contributed by atoms with Gasteiger partial charge in [0.1, 0.15) is 29.2 Å². The Morgan fingerprint density at radius 1 is 1.23 bits per heavy atom. The van der Waals surface area contributed by atoms with E-state index < -0.39 is 5.41 Å². The molecular formula is C23H20N6O2. The SMILES string of the molecule is CC(C)(C)C(=O)c1c[nH]c2ncc(Nc3ccc(C=C(C#N)c4ncco4)cc3)nc12. The second-order valence-corrected chi connectivity index (χ2v) is 7.99. The predicted molar refractivity (Wildman–Crippen MR) is 117 cm³/mol. The fourth-order valence-corrected chi connectivity index (χ4v) is 3.00. The molecule has 0 amide bonds. The average Bonchev–Trinajstić information content (AvgIpc) is 3.42. The number of anilines is 2. The quantitative estimate of drug-likeness (QED) is 0.350. The number of fused-ring (bicyclic) bond motifs is 1. The summed E-state index contributed by atoms with van der Waals surface area (Å²) in [4.78, 5) is 28.7. The lowest BCUT2D eigenvalue weighted by Gasteiger charge is -2.15. The number of nitrogens with one attached hydrogen (secondary N) is 2. The number of Topliss-reactive ketones (excluding diaryl/α,β-unsaturated/α-hetero) is 1. The average molecular weight is 412 g/mol. The van der Waals surface area contributed by atoms with Crippen LogP contribution in [-0.4, -0.2) is 25.7 Å². The summed E-state index contributed by atoms with van der Waals surface area (Å²) in [5.41, 5.74) is 3.06. The van der Waals surface area contributed by atoms with Crippen molar-refractivity contribution in [3.05, 3.63) is 66.1 Å². The Hall–Kier alpha value is -4.25. The molecular weight excluding hydrogens is 392 g/mol. The van der Waals surface area contributed by atoms with E-state index in [-0.39, 0.29) is 11.7 Å². The second kappa shape index (κ2) is 7.88. The molecule has 8 heteroatoms. The second-order valence-electron chi connectivity index (χ2n) is 7.99. The number of nitriles is 1. The Bertz CT molecular complexity index is 1300. The van der Waals surface area contributed by atoms with Gasteiger partial charge in [-0.3, -0.25) is 4.79 Å². The van der Waals surface area contributed by atoms with Crippen molar-refractivity contribution in [2.75, 3.05) is 5.32 Å². The van der Waals surface area contributed by atoms with E-state index in [1.54, 1.807) is 18.5 Å². The number of benzene rings is 1. The van der Waals surface area contributed by atoms with E-state index in [4.69, 9.17) is 4.42 Å². The van der Waals surface area contributed by atoms with E-state index in [0.29, 0.717) is 28.1 Å². The van der Waals surface area contributed by atoms with Gasteiger partial charge in [0.2, 0.25) is 5.89 Å². The number of hydrogen-bond acceptors (Lipinski definition) is 7. The summed E-state index contributed by atoms with van der Waals surface area (Å²) >= 11 is 0. The molecule has 0 spiro atoms. The van der Waals surface area contributed by atoms with Crippen molar-refractivity contribution < 1.29 is 9.21 Å². The van der Waals surface area contributed by atoms with Gasteiger partial charge in [0.25, 0.3) is 0 Å². The summed E-state index contributed by atoms with van der Waals surface area (Å²) in [6, 6.07) is 9.53. The molecule has 1 aromatic carbocycles. The lowest BCUT2D eigenvalue weighted by Crippen LogP contribution is -2.20. The number of aromatic amines is 1. The fraction of sp³-hybridized carbons (Fsp3) is 0.174. The molecule has 0 saturated heterocycles. The zero-order valence-corrected chi connectivity index (χ0v) is 17.3. The molecule has 154 valence electrons. The number of aromatic nitrogens is 4. The molecule has 0 fully saturated rings. The zero-order chi connectivity index (χ0) is 22.0. The summed E-state index contributed by atoms with van der Waals surface area (Å²) in [7, 11) is 0. The predicted octanol–water partition coefficient (Wildman–Crippen LogP) is 4.98. The van der Waals surface area contributed by atoms with Crippen LogP contribution in [0.3, 0.4) is 0 Å². The van der Waals surface area contributed by atoms with Crippen LogP contribution in [0.1, 0.15) is 42.6 Å². The van der Waals surface area contributed by atoms with Gasteiger partial charge in [0.15, 0.2) is 11.4 Å². The number of oxazole rings is 1. The summed E-state index contributed by atoms with van der Waals surface area (Å²) < 4.78 is 5.18. The van der Waals surface area contributed by atoms with E-state index in [1.807, 2.05) is 45.0 Å². The molecule has 0 aliphatic heterocycles. The molecule has 0 saturated carbocycles. The number of rotatable bonds is 5. The molecule has 0 aliphatic carbocycles. The van der Waals surface area contributed by atoms with Crippen molar-refractivity contribution in [3.63, 3.8) is 0 Å². The van der Waals surface area contributed by atoms with Crippen molar-refractivity contribution in [2.24, 2.45) is 5.41 Å². The maximum atomic E-state index is 12.7. The van der Waals surface area contributed by atoms with Gasteiger partial charge >= 0.3 is 0 Å². The molecule has 0 radical (unpaired) electrons. The van der Waals surface area contributed by atoms with Crippen molar-refractivity contribution in [2.45, 2.75) is 20.8 Å². The third kappa shape index (κ3) is 4.21. The number of ketones is 1. The van der Waals surface area contributed by atoms with E-state index in [0.717, 1.165) is 11.3 Å². The standard InChI is InChI=1S/C23H20N6O2/c1-23(2,3)20(30)17-12-26-21-19(17)29-18(13-27-21)28-16-6-4-14(5-7-16)10-15(11-24)22-25-8-9-31-22/h4-10,12-13H,1-3H3,(H,26,27)(H,28,29). The molecule has 4 aromatic rings. The molecule has 4 rings (SSSR count). The van der Waals surface area contributed by atoms with Crippen molar-refractivity contribution in [1.29, 1.82) is 5.26 Å². The van der Waals surface area contributed by atoms with Gasteiger partial charge in [-0.05, 0) is 23.8 Å². The zero-order valence-electron chi connectivity index (χ0n) is 17.3. The Balaban J connectivity index is 1.57. The van der Waals surface area contributed by atoms with Crippen molar-refractivity contribution in [1.82, 2.24) is 19.9 Å². The minimum absolute atomic E-state index is 0.000633. The van der Waals surface area contributed by atoms with Crippen LogP contribution in [0.15, 0.2) is 53.5 Å². The number of hydrogen-bond donors (Lipinski definition) is 2. The van der Waals surface area contributed by atoms with Gasteiger partial charge in [-0.25, -0.2) is 15.0 Å². The first kappa shape index (κ1) is 20.0. The molecule has 0 unspecified atom stereocenters. The summed E-state index contributed by atoms with van der Waals surface area (Å²) in [5.74, 6) is 0.803. The van der Waals surface area contributed by atoms with Crippen molar-refractivity contribution >= 4 is 40.1 Å². The normalized spacial score (nSPS) is 12.0. The first-order valence-electron chi connectivity index (χ1n) is 9.63. The highest BCUT2D eigenvalue weighted by Crippen LogP contribution is 2.26. The Morgan fingerprint density at radius 3 is 2.65 bits per heavy atom. The minimum atomic E-state index is -0.517. The van der Waals surface area contributed by atoms with Crippen LogP contribution in [0, 0.1) is 16.7 Å². The van der Waals surface area contributed by atoms with Crippen molar-refractivity contribution in [3.8, 4) is 6.07 Å². The highest BCUT2D eigenvalue weighted by atomic mass is 16.3. The Kier molecular flexibility index (Phi) is 5.09. The highest BCUT2D eigenvalue weighted by molar-refractivity contribution is 6.08. The number of nitrogens with zero attached hydrogens (tertiary/aromatic N) is 4. The fourth-order valence-electron chi connectivity index (χ4n) is 3.00. The largest absolute Gasteiger partial charge is 0.444 e. The number of carbonyl (C=O) groups is 1. The molecule has 31 heavy (non-hydrogen) atoms. The number of allylic oxidation sites excluding steroid dienone is 1. The Labute approximate surface area is 178 Å². The maximum Gasteiger partial charge on any atom is 0.236 e. The first-order chi connectivity index (χ1) is 14.8. The monoisotopic (exact) mass is 412 g/mol. The molecule has 2 N–H and O–H groups in total. The maximum absolute atomic E-state index is 12.7. The van der Waals surface area contributed by atoms with Crippen LogP contribution in [0.25, 0.3) is 22.8 Å². The van der Waals surface area contributed by atoms with Crippen LogP contribution in [0.5, 0.6) is 0 Å². The number of H-pyrrole nitrogens is 1. The molecule has 3 heterocycles. The Morgan fingerprint density at radius 2 is 2.00 bits per heavy atom. The van der Waals surface area contributed by atoms with Gasteiger partial charge in [-0.2, -0.15) is 5.26 Å².